The van der Waals surface area contributed by atoms with E-state index in [0.717, 1.165) is 5.69 Å². The topological polar surface area (TPSA) is 131 Å². The Morgan fingerprint density at radius 2 is 2.04 bits per heavy atom. The van der Waals surface area contributed by atoms with E-state index in [1.54, 1.807) is 18.2 Å². The lowest BCUT2D eigenvalue weighted by Gasteiger charge is -2.26. The molecule has 0 radical (unpaired) electrons. The van der Waals surface area contributed by atoms with E-state index in [9.17, 15) is 14.4 Å². The Morgan fingerprint density at radius 3 is 2.78 bits per heavy atom. The maximum absolute atomic E-state index is 12.7. The molecule has 2 amide bonds. The highest BCUT2D eigenvalue weighted by atomic mass is 32.1. The first-order chi connectivity index (χ1) is 12.7. The molecule has 1 aliphatic carbocycles. The molecule has 0 fully saturated rings. The molecule has 0 saturated heterocycles. The summed E-state index contributed by atoms with van der Waals surface area (Å²) in [4.78, 5) is 48.3. The van der Waals surface area contributed by atoms with E-state index in [0.29, 0.717) is 33.9 Å². The number of benzene rings is 1. The number of imidazole rings is 1. The molecule has 0 unspecified atom stereocenters. The van der Waals surface area contributed by atoms with Gasteiger partial charge in [0.15, 0.2) is 16.7 Å². The Bertz CT molecular complexity index is 1110. The van der Waals surface area contributed by atoms with Crippen molar-refractivity contribution in [3.8, 4) is 0 Å². The fourth-order valence-electron chi connectivity index (χ4n) is 3.27. The van der Waals surface area contributed by atoms with Crippen LogP contribution in [0.2, 0.25) is 0 Å². The number of anilines is 1. The predicted molar refractivity (Wildman–Crippen MR) is 101 cm³/mol. The van der Waals surface area contributed by atoms with Gasteiger partial charge in [-0.1, -0.05) is 31.3 Å². The van der Waals surface area contributed by atoms with E-state index in [4.69, 9.17) is 5.73 Å². The predicted octanol–water partition coefficient (Wildman–Crippen LogP) is 2.53. The lowest BCUT2D eigenvalue weighted by molar-refractivity contribution is 0.0914. The largest absolute Gasteiger partial charge is 0.363 e. The van der Waals surface area contributed by atoms with Gasteiger partial charge in [-0.3, -0.25) is 19.7 Å². The van der Waals surface area contributed by atoms with Gasteiger partial charge >= 0.3 is 0 Å². The Morgan fingerprint density at radius 1 is 1.26 bits per heavy atom. The number of nitrogens with one attached hydrogen (secondary N) is 2. The number of ketones is 1. The number of hydrogen-bond donors (Lipinski definition) is 3. The average Bonchev–Trinajstić information content (AvgIpc) is 3.17. The van der Waals surface area contributed by atoms with Crippen LogP contribution < -0.4 is 11.1 Å². The summed E-state index contributed by atoms with van der Waals surface area (Å²) in [5.41, 5.74) is 7.01. The van der Waals surface area contributed by atoms with Gasteiger partial charge in [0.25, 0.3) is 11.8 Å². The van der Waals surface area contributed by atoms with Crippen LogP contribution in [0.15, 0.2) is 18.2 Å². The molecule has 4 rings (SSSR count). The van der Waals surface area contributed by atoms with Gasteiger partial charge in [0.1, 0.15) is 5.52 Å². The number of aromatic nitrogens is 3. The SMILES string of the molecule is CC1(C)CC(=O)c2sc(NC(=O)c3cccc4[nH]c(C(N)=O)nc34)nc2C1. The van der Waals surface area contributed by atoms with E-state index in [2.05, 4.69) is 20.3 Å². The summed E-state index contributed by atoms with van der Waals surface area (Å²) in [5.74, 6) is -1.07. The number of carbonyl (C=O) groups excluding carboxylic acids is 3. The van der Waals surface area contributed by atoms with Crippen molar-refractivity contribution in [2.24, 2.45) is 11.1 Å². The van der Waals surface area contributed by atoms with Crippen molar-refractivity contribution < 1.29 is 14.4 Å². The van der Waals surface area contributed by atoms with Crippen LogP contribution in [0.1, 0.15) is 56.6 Å². The van der Waals surface area contributed by atoms with Crippen LogP contribution in [0.5, 0.6) is 0 Å². The van der Waals surface area contributed by atoms with Crippen molar-refractivity contribution in [2.75, 3.05) is 5.32 Å². The zero-order chi connectivity index (χ0) is 19.3. The van der Waals surface area contributed by atoms with Gasteiger partial charge in [-0.15, -0.1) is 0 Å². The van der Waals surface area contributed by atoms with Crippen LogP contribution in [0.4, 0.5) is 5.13 Å². The minimum atomic E-state index is -0.703. The summed E-state index contributed by atoms with van der Waals surface area (Å²) >= 11 is 1.19. The van der Waals surface area contributed by atoms with Crippen molar-refractivity contribution in [3.63, 3.8) is 0 Å². The second-order valence-corrected chi connectivity index (χ2v) is 8.34. The first-order valence-electron chi connectivity index (χ1n) is 8.36. The number of para-hydroxylation sites is 1. The Kier molecular flexibility index (Phi) is 3.84. The van der Waals surface area contributed by atoms with Crippen LogP contribution in [0, 0.1) is 5.41 Å². The summed E-state index contributed by atoms with van der Waals surface area (Å²) in [6.45, 7) is 4.06. The zero-order valence-electron chi connectivity index (χ0n) is 14.8. The van der Waals surface area contributed by atoms with E-state index in [-0.39, 0.29) is 22.6 Å². The molecular weight excluding hydrogens is 366 g/mol. The van der Waals surface area contributed by atoms with Gasteiger partial charge in [0.2, 0.25) is 0 Å². The van der Waals surface area contributed by atoms with E-state index in [1.807, 2.05) is 13.8 Å². The molecule has 8 nitrogen and oxygen atoms in total. The number of Topliss-reactive ketones (excluding diaryl/α,β-unsaturated/α-hetero) is 1. The molecule has 0 spiro atoms. The number of H-pyrrole nitrogens is 1. The summed E-state index contributed by atoms with van der Waals surface area (Å²) in [7, 11) is 0. The van der Waals surface area contributed by atoms with Crippen molar-refractivity contribution in [1.29, 1.82) is 0 Å². The number of nitrogens with two attached hydrogens (primary N) is 1. The van der Waals surface area contributed by atoms with E-state index >= 15 is 0 Å². The highest BCUT2D eigenvalue weighted by molar-refractivity contribution is 7.17. The normalized spacial score (nSPS) is 15.6. The van der Waals surface area contributed by atoms with Crippen LogP contribution in [0.25, 0.3) is 11.0 Å². The van der Waals surface area contributed by atoms with Gasteiger partial charge < -0.3 is 10.7 Å². The summed E-state index contributed by atoms with van der Waals surface area (Å²) < 4.78 is 0. The molecule has 4 N–H and O–H groups in total. The molecule has 0 bridgehead atoms. The number of amides is 2. The number of thiazole rings is 1. The summed E-state index contributed by atoms with van der Waals surface area (Å²) in [6.07, 6.45) is 1.16. The van der Waals surface area contributed by atoms with E-state index < -0.39 is 11.8 Å². The number of hydrogen-bond acceptors (Lipinski definition) is 6. The first kappa shape index (κ1) is 17.3. The lowest BCUT2D eigenvalue weighted by atomic mass is 9.78. The molecule has 0 saturated carbocycles. The van der Waals surface area contributed by atoms with Crippen LogP contribution in [0.3, 0.4) is 0 Å². The Labute approximate surface area is 158 Å². The highest BCUT2D eigenvalue weighted by Gasteiger charge is 2.34. The average molecular weight is 383 g/mol. The van der Waals surface area contributed by atoms with Crippen LogP contribution in [-0.2, 0) is 6.42 Å². The second-order valence-electron chi connectivity index (χ2n) is 7.34. The fourth-order valence-corrected chi connectivity index (χ4v) is 4.18. The monoisotopic (exact) mass is 383 g/mol. The van der Waals surface area contributed by atoms with Gasteiger partial charge in [-0.2, -0.15) is 0 Å². The molecule has 1 aromatic carbocycles. The third-order valence-electron chi connectivity index (χ3n) is 4.45. The Hall–Kier alpha value is -3.07. The Balaban J connectivity index is 1.65. The molecule has 2 heterocycles. The van der Waals surface area contributed by atoms with Crippen LogP contribution >= 0.6 is 11.3 Å². The maximum atomic E-state index is 12.7. The maximum Gasteiger partial charge on any atom is 0.284 e. The molecule has 0 atom stereocenters. The third kappa shape index (κ3) is 3.10. The molecule has 138 valence electrons. The number of primary amides is 1. The lowest BCUT2D eigenvalue weighted by Crippen LogP contribution is -2.26. The summed E-state index contributed by atoms with van der Waals surface area (Å²) in [5, 5.41) is 3.11. The fraction of sp³-hybridized carbons (Fsp3) is 0.278. The number of nitrogens with zero attached hydrogens (tertiary/aromatic N) is 2. The van der Waals surface area contributed by atoms with Gasteiger partial charge in [0.05, 0.1) is 21.7 Å². The molecule has 1 aliphatic rings. The van der Waals surface area contributed by atoms with E-state index in [1.165, 1.54) is 11.3 Å². The van der Waals surface area contributed by atoms with Crippen molar-refractivity contribution in [1.82, 2.24) is 15.0 Å². The molecule has 0 aliphatic heterocycles. The second kappa shape index (κ2) is 5.98. The molecule has 3 aromatic rings. The zero-order valence-corrected chi connectivity index (χ0v) is 15.6. The molecule has 9 heteroatoms. The quantitative estimate of drug-likeness (QED) is 0.639. The third-order valence-corrected chi connectivity index (χ3v) is 5.50. The minimum absolute atomic E-state index is 0.0113. The van der Waals surface area contributed by atoms with Crippen molar-refractivity contribution in [3.05, 3.63) is 40.2 Å². The number of fused-ring (bicyclic) bond motifs is 2. The van der Waals surface area contributed by atoms with Crippen molar-refractivity contribution >= 4 is 45.1 Å². The highest BCUT2D eigenvalue weighted by Crippen LogP contribution is 2.38. The van der Waals surface area contributed by atoms with Crippen LogP contribution in [-0.4, -0.2) is 32.5 Å². The first-order valence-corrected chi connectivity index (χ1v) is 9.18. The smallest absolute Gasteiger partial charge is 0.284 e. The standard InChI is InChI=1S/C18H17N5O3S/c1-18(2)6-10-13(11(24)7-18)27-17(21-10)23-16(26)8-4-3-5-9-12(8)22-15(20-9)14(19)25/h3-5H,6-7H2,1-2H3,(H2,19,25)(H,20,22)(H,21,23,26). The van der Waals surface area contributed by atoms with Gasteiger partial charge in [0, 0.05) is 6.42 Å². The molecular formula is C18H17N5O3S. The molecule has 27 heavy (non-hydrogen) atoms. The van der Waals surface area contributed by atoms with Gasteiger partial charge in [-0.25, -0.2) is 9.97 Å². The number of aromatic amines is 1. The summed E-state index contributed by atoms with van der Waals surface area (Å²) in [6, 6.07) is 4.98. The number of carbonyl (C=O) groups is 3. The van der Waals surface area contributed by atoms with Crippen molar-refractivity contribution in [2.45, 2.75) is 26.7 Å². The molecule has 2 aromatic heterocycles. The van der Waals surface area contributed by atoms with Gasteiger partial charge in [-0.05, 0) is 24.0 Å². The number of rotatable bonds is 3. The minimum Gasteiger partial charge on any atom is -0.363 e.